The molecule has 0 amide bonds. The zero-order valence-corrected chi connectivity index (χ0v) is 11.8. The van der Waals surface area contributed by atoms with Crippen LogP contribution in [0, 0.1) is 5.92 Å². The Morgan fingerprint density at radius 1 is 1.33 bits per heavy atom. The van der Waals surface area contributed by atoms with Crippen LogP contribution in [-0.4, -0.2) is 25.0 Å². The van der Waals surface area contributed by atoms with Gasteiger partial charge >= 0.3 is 0 Å². The van der Waals surface area contributed by atoms with E-state index in [2.05, 4.69) is 18.4 Å². The van der Waals surface area contributed by atoms with Gasteiger partial charge in [0.2, 0.25) is 0 Å². The third-order valence-corrected chi connectivity index (χ3v) is 2.73. The Balaban J connectivity index is 4.06. The normalized spacial score (nSPS) is 14.4. The Kier molecular flexibility index (Phi) is 9.47. The summed E-state index contributed by atoms with van der Waals surface area (Å²) in [6, 6.07) is 0. The highest BCUT2D eigenvalue weighted by Crippen LogP contribution is 2.14. The molecule has 1 nitrogen and oxygen atoms in total. The van der Waals surface area contributed by atoms with Crippen LogP contribution >= 0.6 is 0 Å². The van der Waals surface area contributed by atoms with Gasteiger partial charge in [-0.05, 0) is 32.2 Å². The van der Waals surface area contributed by atoms with Gasteiger partial charge in [-0.2, -0.15) is 0 Å². The number of halogens is 2. The quantitative estimate of drug-likeness (QED) is 0.430. The van der Waals surface area contributed by atoms with Gasteiger partial charge in [0.1, 0.15) is 11.7 Å². The van der Waals surface area contributed by atoms with Crippen LogP contribution in [0.15, 0.2) is 36.5 Å². The lowest BCUT2D eigenvalue weighted by Gasteiger charge is -2.20. The third-order valence-electron chi connectivity index (χ3n) is 2.73. The second kappa shape index (κ2) is 10.0. The third kappa shape index (κ3) is 9.11. The maximum Gasteiger partial charge on any atom is 0.116 e. The molecule has 0 saturated carbocycles. The molecule has 1 atom stereocenters. The van der Waals surface area contributed by atoms with E-state index in [1.54, 1.807) is 0 Å². The van der Waals surface area contributed by atoms with Gasteiger partial charge in [-0.15, -0.1) is 0 Å². The molecule has 0 N–H and O–H groups in total. The van der Waals surface area contributed by atoms with E-state index in [9.17, 15) is 8.78 Å². The van der Waals surface area contributed by atoms with Gasteiger partial charge in [0.25, 0.3) is 0 Å². The minimum absolute atomic E-state index is 0.172. The summed E-state index contributed by atoms with van der Waals surface area (Å²) in [6.45, 7) is 8.74. The first-order valence-electron chi connectivity index (χ1n) is 6.54. The van der Waals surface area contributed by atoms with Crippen molar-refractivity contribution in [3.05, 3.63) is 36.5 Å². The highest BCUT2D eigenvalue weighted by atomic mass is 19.1. The first kappa shape index (κ1) is 17.0. The molecule has 0 heterocycles. The van der Waals surface area contributed by atoms with Crippen LogP contribution in [-0.2, 0) is 0 Å². The van der Waals surface area contributed by atoms with Crippen molar-refractivity contribution in [3.63, 3.8) is 0 Å². The van der Waals surface area contributed by atoms with E-state index in [4.69, 9.17) is 0 Å². The van der Waals surface area contributed by atoms with Crippen LogP contribution in [0.4, 0.5) is 8.78 Å². The van der Waals surface area contributed by atoms with Gasteiger partial charge in [-0.3, -0.25) is 0 Å². The van der Waals surface area contributed by atoms with Crippen molar-refractivity contribution in [2.75, 3.05) is 20.1 Å². The standard InChI is InChI=1S/C15H25F2N/c1-5-6-7-11-18(4)12-13(2)15(17)10-8-9-14(3)16/h8-10,13H,3,5-7,11-12H2,1-2,4H3/b9-8-,15-10+. The lowest BCUT2D eigenvalue weighted by molar-refractivity contribution is 0.279. The van der Waals surface area contributed by atoms with E-state index in [0.717, 1.165) is 19.0 Å². The fraction of sp³-hybridized carbons (Fsp3) is 0.600. The second-order valence-electron chi connectivity index (χ2n) is 4.73. The van der Waals surface area contributed by atoms with Gasteiger partial charge in [0.15, 0.2) is 0 Å². The minimum Gasteiger partial charge on any atom is -0.306 e. The summed E-state index contributed by atoms with van der Waals surface area (Å²) >= 11 is 0. The summed E-state index contributed by atoms with van der Waals surface area (Å²) in [6.07, 6.45) is 7.35. The van der Waals surface area contributed by atoms with Gasteiger partial charge < -0.3 is 4.90 Å². The summed E-state index contributed by atoms with van der Waals surface area (Å²) in [5.41, 5.74) is 0. The Bertz CT molecular complexity index is 295. The van der Waals surface area contributed by atoms with Crippen molar-refractivity contribution in [2.45, 2.75) is 33.1 Å². The summed E-state index contributed by atoms with van der Waals surface area (Å²) in [5.74, 6) is -0.965. The van der Waals surface area contributed by atoms with Crippen molar-refractivity contribution >= 4 is 0 Å². The summed E-state index contributed by atoms with van der Waals surface area (Å²) in [7, 11) is 2.00. The van der Waals surface area contributed by atoms with Crippen molar-refractivity contribution in [3.8, 4) is 0 Å². The number of nitrogens with zero attached hydrogens (tertiary/aromatic N) is 1. The maximum absolute atomic E-state index is 13.6. The molecular weight excluding hydrogens is 232 g/mol. The van der Waals surface area contributed by atoms with Crippen molar-refractivity contribution in [2.24, 2.45) is 5.92 Å². The molecular formula is C15H25F2N. The van der Waals surface area contributed by atoms with Crippen molar-refractivity contribution in [1.82, 2.24) is 4.90 Å². The average molecular weight is 257 g/mol. The Labute approximate surface area is 110 Å². The van der Waals surface area contributed by atoms with E-state index in [1.165, 1.54) is 25.0 Å². The van der Waals surface area contributed by atoms with Crippen molar-refractivity contribution in [1.29, 1.82) is 0 Å². The molecule has 0 saturated heterocycles. The Morgan fingerprint density at radius 3 is 2.56 bits per heavy atom. The number of rotatable bonds is 9. The molecule has 0 aliphatic carbocycles. The fourth-order valence-corrected chi connectivity index (χ4v) is 1.69. The van der Waals surface area contributed by atoms with E-state index < -0.39 is 5.83 Å². The fourth-order valence-electron chi connectivity index (χ4n) is 1.69. The molecule has 0 spiro atoms. The molecule has 0 fully saturated rings. The van der Waals surface area contributed by atoms with Gasteiger partial charge in [0.05, 0.1) is 0 Å². The molecule has 0 aromatic carbocycles. The molecule has 0 radical (unpaired) electrons. The number of unbranched alkanes of at least 4 members (excludes halogenated alkanes) is 2. The zero-order chi connectivity index (χ0) is 14.0. The highest BCUT2D eigenvalue weighted by Gasteiger charge is 2.10. The second-order valence-corrected chi connectivity index (χ2v) is 4.73. The van der Waals surface area contributed by atoms with Gasteiger partial charge in [0, 0.05) is 12.5 Å². The predicted octanol–water partition coefficient (Wildman–Crippen LogP) is 4.64. The first-order chi connectivity index (χ1) is 8.47. The summed E-state index contributed by atoms with van der Waals surface area (Å²) < 4.78 is 25.9. The topological polar surface area (TPSA) is 3.24 Å². The first-order valence-corrected chi connectivity index (χ1v) is 6.54. The molecule has 0 aliphatic rings. The van der Waals surface area contributed by atoms with Crippen LogP contribution in [0.2, 0.25) is 0 Å². The predicted molar refractivity (Wildman–Crippen MR) is 74.8 cm³/mol. The van der Waals surface area contributed by atoms with E-state index in [1.807, 2.05) is 14.0 Å². The zero-order valence-electron chi connectivity index (χ0n) is 11.8. The molecule has 0 bridgehead atoms. The van der Waals surface area contributed by atoms with Crippen LogP contribution in [0.1, 0.15) is 33.1 Å². The summed E-state index contributed by atoms with van der Waals surface area (Å²) in [4.78, 5) is 2.13. The molecule has 18 heavy (non-hydrogen) atoms. The van der Waals surface area contributed by atoms with E-state index in [-0.39, 0.29) is 11.7 Å². The monoisotopic (exact) mass is 257 g/mol. The van der Waals surface area contributed by atoms with Crippen LogP contribution < -0.4 is 0 Å². The van der Waals surface area contributed by atoms with Crippen LogP contribution in [0.3, 0.4) is 0 Å². The average Bonchev–Trinajstić information content (AvgIpc) is 2.28. The van der Waals surface area contributed by atoms with E-state index >= 15 is 0 Å². The molecule has 0 aliphatic heterocycles. The summed E-state index contributed by atoms with van der Waals surface area (Å²) in [5, 5.41) is 0. The minimum atomic E-state index is -0.566. The lowest BCUT2D eigenvalue weighted by Crippen LogP contribution is -2.25. The smallest absolute Gasteiger partial charge is 0.116 e. The SMILES string of the molecule is C=C(F)/C=C\C=C(\F)C(C)CN(C)CCCCC. The van der Waals surface area contributed by atoms with Crippen LogP contribution in [0.25, 0.3) is 0 Å². The van der Waals surface area contributed by atoms with E-state index in [0.29, 0.717) is 6.54 Å². The maximum atomic E-state index is 13.6. The Hall–Kier alpha value is -0.960. The molecule has 1 unspecified atom stereocenters. The van der Waals surface area contributed by atoms with Gasteiger partial charge in [-0.25, -0.2) is 8.78 Å². The van der Waals surface area contributed by atoms with Crippen molar-refractivity contribution < 1.29 is 8.78 Å². The number of hydrogen-bond donors (Lipinski definition) is 0. The largest absolute Gasteiger partial charge is 0.306 e. The van der Waals surface area contributed by atoms with Gasteiger partial charge in [-0.1, -0.05) is 39.3 Å². The highest BCUT2D eigenvalue weighted by molar-refractivity contribution is 5.16. The number of hydrogen-bond acceptors (Lipinski definition) is 1. The molecule has 0 aromatic heterocycles. The molecule has 3 heteroatoms. The molecule has 104 valence electrons. The van der Waals surface area contributed by atoms with Crippen LogP contribution in [0.5, 0.6) is 0 Å². The molecule has 0 aromatic rings. The number of allylic oxidation sites excluding steroid dienone is 4. The Morgan fingerprint density at radius 2 is 2.00 bits per heavy atom. The lowest BCUT2D eigenvalue weighted by atomic mass is 10.1. The molecule has 0 rings (SSSR count).